The molecule has 0 aliphatic carbocycles. The van der Waals surface area contributed by atoms with Gasteiger partial charge in [-0.25, -0.2) is 0 Å². The Kier molecular flexibility index (Phi) is 4.49. The molecule has 1 amide bonds. The lowest BCUT2D eigenvalue weighted by atomic mass is 10.3. The zero-order valence-electron chi connectivity index (χ0n) is 10.3. The molecule has 2 rings (SSSR count). The Labute approximate surface area is 122 Å². The topological polar surface area (TPSA) is 112 Å². The van der Waals surface area contributed by atoms with Gasteiger partial charge in [0.25, 0.3) is 5.56 Å². The van der Waals surface area contributed by atoms with E-state index in [4.69, 9.17) is 5.26 Å². The number of hydrogen-bond donors (Lipinski definition) is 2. The van der Waals surface area contributed by atoms with Gasteiger partial charge in [0.1, 0.15) is 16.8 Å². The number of aryl methyl sites for hydroxylation is 1. The summed E-state index contributed by atoms with van der Waals surface area (Å²) in [6, 6.07) is 3.62. The van der Waals surface area contributed by atoms with Crippen molar-refractivity contribution >= 4 is 34.0 Å². The average Bonchev–Trinajstić information content (AvgIpc) is 2.87. The summed E-state index contributed by atoms with van der Waals surface area (Å²) in [5.74, 6) is -0.214. The van der Waals surface area contributed by atoms with Gasteiger partial charge >= 0.3 is 0 Å². The van der Waals surface area contributed by atoms with Gasteiger partial charge in [-0.1, -0.05) is 11.8 Å². The van der Waals surface area contributed by atoms with Crippen molar-refractivity contribution in [2.24, 2.45) is 0 Å². The first-order valence-corrected chi connectivity index (χ1v) is 7.30. The van der Waals surface area contributed by atoms with Gasteiger partial charge in [-0.2, -0.15) is 5.26 Å². The molecule has 2 aromatic heterocycles. The summed E-state index contributed by atoms with van der Waals surface area (Å²) >= 11 is 2.35. The third-order valence-corrected chi connectivity index (χ3v) is 3.91. The lowest BCUT2D eigenvalue weighted by Gasteiger charge is -2.02. The number of hydrogen-bond acceptors (Lipinski definition) is 7. The summed E-state index contributed by atoms with van der Waals surface area (Å²) in [5, 5.41) is 21.4. The number of nitrogens with one attached hydrogen (secondary N) is 2. The maximum atomic E-state index is 11.7. The zero-order valence-corrected chi connectivity index (χ0v) is 12.0. The van der Waals surface area contributed by atoms with Gasteiger partial charge in [0.15, 0.2) is 5.16 Å². The second-order valence-electron chi connectivity index (χ2n) is 3.66. The zero-order chi connectivity index (χ0) is 14.5. The van der Waals surface area contributed by atoms with Crippen molar-refractivity contribution in [3.8, 4) is 6.07 Å². The van der Waals surface area contributed by atoms with Crippen LogP contribution in [0.1, 0.15) is 11.3 Å². The number of amides is 1. The van der Waals surface area contributed by atoms with Crippen LogP contribution in [0.25, 0.3) is 0 Å². The number of thioether (sulfide) groups is 1. The predicted molar refractivity (Wildman–Crippen MR) is 75.8 cm³/mol. The number of rotatable bonds is 4. The molecule has 2 N–H and O–H groups in total. The molecule has 2 heterocycles. The quantitative estimate of drug-likeness (QED) is 0.819. The summed E-state index contributed by atoms with van der Waals surface area (Å²) in [5.41, 5.74) is 0.376. The van der Waals surface area contributed by atoms with E-state index in [-0.39, 0.29) is 28.1 Å². The minimum Gasteiger partial charge on any atom is -0.316 e. The monoisotopic (exact) mass is 307 g/mol. The van der Waals surface area contributed by atoms with Gasteiger partial charge in [-0.05, 0) is 18.4 Å². The molecule has 0 unspecified atom stereocenters. The summed E-state index contributed by atoms with van der Waals surface area (Å²) in [6.45, 7) is 1.55. The number of thiophene rings is 1. The van der Waals surface area contributed by atoms with Crippen molar-refractivity contribution in [1.29, 1.82) is 5.26 Å². The van der Waals surface area contributed by atoms with Crippen LogP contribution >= 0.6 is 23.1 Å². The number of carbonyl (C=O) groups excluding carboxylic acids is 1. The van der Waals surface area contributed by atoms with E-state index < -0.39 is 0 Å². The standard InChI is InChI=1S/C11H9N5O2S2/c1-6-9(18)14-11(16-15-6)20-5-8(17)13-10-7(4-12)2-3-19-10/h2-3H,5H2,1H3,(H,13,17)(H,14,16,18). The van der Waals surface area contributed by atoms with E-state index in [0.717, 1.165) is 11.8 Å². The van der Waals surface area contributed by atoms with E-state index in [9.17, 15) is 9.59 Å². The van der Waals surface area contributed by atoms with Gasteiger partial charge in [-0.15, -0.1) is 21.5 Å². The lowest BCUT2D eigenvalue weighted by molar-refractivity contribution is -0.113. The molecular formula is C11H9N5O2S2. The first-order valence-electron chi connectivity index (χ1n) is 5.44. The fraction of sp³-hybridized carbons (Fsp3) is 0.182. The number of aromatic amines is 1. The van der Waals surface area contributed by atoms with Crippen molar-refractivity contribution in [1.82, 2.24) is 15.2 Å². The minimum absolute atomic E-state index is 0.0659. The van der Waals surface area contributed by atoms with Crippen molar-refractivity contribution in [2.45, 2.75) is 12.1 Å². The van der Waals surface area contributed by atoms with Gasteiger partial charge in [0, 0.05) is 0 Å². The third kappa shape index (κ3) is 3.43. The molecule has 0 aliphatic heterocycles. The molecule has 20 heavy (non-hydrogen) atoms. The summed E-state index contributed by atoms with van der Waals surface area (Å²) in [7, 11) is 0. The molecule has 0 saturated carbocycles. The second kappa shape index (κ2) is 6.31. The number of anilines is 1. The first kappa shape index (κ1) is 14.2. The number of nitriles is 1. The molecule has 102 valence electrons. The van der Waals surface area contributed by atoms with E-state index in [1.807, 2.05) is 6.07 Å². The van der Waals surface area contributed by atoms with Crippen LogP contribution in [-0.2, 0) is 4.79 Å². The van der Waals surface area contributed by atoms with Crippen molar-refractivity contribution < 1.29 is 4.79 Å². The van der Waals surface area contributed by atoms with Crippen molar-refractivity contribution in [3.63, 3.8) is 0 Å². The van der Waals surface area contributed by atoms with E-state index in [0.29, 0.717) is 10.6 Å². The number of nitrogens with zero attached hydrogens (tertiary/aromatic N) is 3. The molecule has 9 heteroatoms. The molecule has 0 fully saturated rings. The molecule has 7 nitrogen and oxygen atoms in total. The molecule has 0 bridgehead atoms. The van der Waals surface area contributed by atoms with Crippen molar-refractivity contribution in [3.05, 3.63) is 33.1 Å². The van der Waals surface area contributed by atoms with E-state index >= 15 is 0 Å². The van der Waals surface area contributed by atoms with Crippen LogP contribution in [0.5, 0.6) is 0 Å². The van der Waals surface area contributed by atoms with Crippen LogP contribution in [0.2, 0.25) is 0 Å². The Morgan fingerprint density at radius 1 is 1.60 bits per heavy atom. The highest BCUT2D eigenvalue weighted by molar-refractivity contribution is 7.99. The molecule has 0 spiro atoms. The predicted octanol–water partition coefficient (Wildman–Crippen LogP) is 1.14. The Balaban J connectivity index is 1.94. The number of carbonyl (C=O) groups is 1. The fourth-order valence-corrected chi connectivity index (χ4v) is 2.59. The van der Waals surface area contributed by atoms with Crippen LogP contribution in [0.15, 0.2) is 21.4 Å². The van der Waals surface area contributed by atoms with E-state index in [2.05, 4.69) is 20.5 Å². The van der Waals surface area contributed by atoms with Crippen LogP contribution < -0.4 is 10.9 Å². The van der Waals surface area contributed by atoms with Crippen LogP contribution in [0, 0.1) is 18.3 Å². The van der Waals surface area contributed by atoms with E-state index in [1.54, 1.807) is 18.4 Å². The molecule has 0 radical (unpaired) electrons. The number of H-pyrrole nitrogens is 1. The molecule has 2 aromatic rings. The molecular weight excluding hydrogens is 298 g/mol. The summed E-state index contributed by atoms with van der Waals surface area (Å²) in [6.07, 6.45) is 0. The van der Waals surface area contributed by atoms with Crippen molar-refractivity contribution in [2.75, 3.05) is 11.1 Å². The molecule has 0 saturated heterocycles. The molecule has 0 aromatic carbocycles. The van der Waals surface area contributed by atoms with Gasteiger partial charge in [0.2, 0.25) is 5.91 Å². The maximum Gasteiger partial charge on any atom is 0.273 e. The highest BCUT2D eigenvalue weighted by Gasteiger charge is 2.10. The van der Waals surface area contributed by atoms with E-state index in [1.165, 1.54) is 11.3 Å². The summed E-state index contributed by atoms with van der Waals surface area (Å²) in [4.78, 5) is 25.6. The SMILES string of the molecule is Cc1nnc(SCC(=O)Nc2sccc2C#N)[nH]c1=O. The molecule has 0 aliphatic rings. The minimum atomic E-state index is -0.326. The van der Waals surface area contributed by atoms with Gasteiger partial charge in [0.05, 0.1) is 11.3 Å². The lowest BCUT2D eigenvalue weighted by Crippen LogP contribution is -2.17. The Hall–Kier alpha value is -2.18. The second-order valence-corrected chi connectivity index (χ2v) is 5.54. The maximum absolute atomic E-state index is 11.7. The Bertz CT molecular complexity index is 731. The highest BCUT2D eigenvalue weighted by atomic mass is 32.2. The van der Waals surface area contributed by atoms with Gasteiger partial charge in [-0.3, -0.25) is 14.6 Å². The fourth-order valence-electron chi connectivity index (χ4n) is 1.23. The van der Waals surface area contributed by atoms with Crippen LogP contribution in [0.3, 0.4) is 0 Å². The first-order chi connectivity index (χ1) is 9.60. The Morgan fingerprint density at radius 3 is 3.10 bits per heavy atom. The molecule has 0 atom stereocenters. The largest absolute Gasteiger partial charge is 0.316 e. The number of aromatic nitrogens is 3. The Morgan fingerprint density at radius 2 is 2.40 bits per heavy atom. The van der Waals surface area contributed by atoms with Gasteiger partial charge < -0.3 is 5.32 Å². The summed E-state index contributed by atoms with van der Waals surface area (Å²) < 4.78 is 0. The smallest absolute Gasteiger partial charge is 0.273 e. The highest BCUT2D eigenvalue weighted by Crippen LogP contribution is 2.22. The van der Waals surface area contributed by atoms with Crippen LogP contribution in [-0.4, -0.2) is 26.8 Å². The average molecular weight is 307 g/mol. The van der Waals surface area contributed by atoms with Crippen LogP contribution in [0.4, 0.5) is 5.00 Å². The normalized spacial score (nSPS) is 10.0. The third-order valence-electron chi connectivity index (χ3n) is 2.22.